The first-order chi connectivity index (χ1) is 37.7. The molecule has 0 aliphatic carbocycles. The van der Waals surface area contributed by atoms with Gasteiger partial charge in [-0.05, 0) is 149 Å². The number of rotatable bonds is 12. The van der Waals surface area contributed by atoms with Crippen LogP contribution in [0.25, 0.3) is 88.3 Å². The first-order valence-corrected chi connectivity index (χ1v) is 26.1. The Balaban J connectivity index is 1.06. The van der Waals surface area contributed by atoms with E-state index in [9.17, 15) is 0 Å². The molecule has 0 aliphatic heterocycles. The molecule has 0 aromatic heterocycles. The first kappa shape index (κ1) is 45.8. The van der Waals surface area contributed by atoms with Crippen LogP contribution < -0.4 is 9.80 Å². The number of hydrogen-bond acceptors (Lipinski definition) is 2. The van der Waals surface area contributed by atoms with Gasteiger partial charge in [-0.3, -0.25) is 0 Å². The van der Waals surface area contributed by atoms with Gasteiger partial charge >= 0.3 is 0 Å². The third-order valence-electron chi connectivity index (χ3n) is 14.6. The minimum Gasteiger partial charge on any atom is -0.310 e. The monoisotopic (exact) mass is 968 g/mol. The average molecular weight is 969 g/mol. The Morgan fingerprint density at radius 2 is 0.513 bits per heavy atom. The van der Waals surface area contributed by atoms with Gasteiger partial charge in [-0.2, -0.15) is 0 Å². The summed E-state index contributed by atoms with van der Waals surface area (Å²) in [5, 5.41) is 4.87. The molecule has 13 aromatic carbocycles. The van der Waals surface area contributed by atoms with Gasteiger partial charge in [0.2, 0.25) is 0 Å². The summed E-state index contributed by atoms with van der Waals surface area (Å²) in [6, 6.07) is 115. The van der Waals surface area contributed by atoms with Crippen LogP contribution in [-0.4, -0.2) is 0 Å². The van der Waals surface area contributed by atoms with E-state index >= 15 is 0 Å². The summed E-state index contributed by atoms with van der Waals surface area (Å²) in [6.07, 6.45) is 0. The zero-order chi connectivity index (χ0) is 50.6. The summed E-state index contributed by atoms with van der Waals surface area (Å²) < 4.78 is 0. The summed E-state index contributed by atoms with van der Waals surface area (Å²) in [5.41, 5.74) is 20.2. The highest BCUT2D eigenvalue weighted by Gasteiger charge is 2.23. The van der Waals surface area contributed by atoms with Gasteiger partial charge in [0.15, 0.2) is 0 Å². The van der Waals surface area contributed by atoms with Crippen molar-refractivity contribution in [1.82, 2.24) is 0 Å². The van der Waals surface area contributed by atoms with Crippen LogP contribution in [0.2, 0.25) is 0 Å². The summed E-state index contributed by atoms with van der Waals surface area (Å²) in [6.45, 7) is 0. The maximum absolute atomic E-state index is 2.46. The fraction of sp³-hybridized carbons (Fsp3) is 0. The van der Waals surface area contributed by atoms with Crippen LogP contribution in [0.15, 0.2) is 315 Å². The van der Waals surface area contributed by atoms with Crippen molar-refractivity contribution in [3.8, 4) is 66.8 Å². The second kappa shape index (κ2) is 20.5. The van der Waals surface area contributed by atoms with E-state index in [1.165, 1.54) is 66.1 Å². The molecule has 0 saturated heterocycles. The molecule has 0 spiro atoms. The molecule has 0 heterocycles. The smallest absolute Gasteiger partial charge is 0.0540 e. The number of para-hydroxylation sites is 1. The van der Waals surface area contributed by atoms with Crippen LogP contribution >= 0.6 is 0 Å². The molecule has 76 heavy (non-hydrogen) atoms. The molecule has 13 rings (SSSR count). The second-order valence-corrected chi connectivity index (χ2v) is 19.3. The van der Waals surface area contributed by atoms with Crippen LogP contribution in [0.5, 0.6) is 0 Å². The van der Waals surface area contributed by atoms with Gasteiger partial charge in [0.25, 0.3) is 0 Å². The van der Waals surface area contributed by atoms with E-state index in [2.05, 4.69) is 325 Å². The Bertz CT molecular complexity index is 4020. The molecule has 0 atom stereocenters. The van der Waals surface area contributed by atoms with E-state index in [1.54, 1.807) is 0 Å². The van der Waals surface area contributed by atoms with Crippen molar-refractivity contribution in [2.24, 2.45) is 0 Å². The molecule has 0 aliphatic rings. The zero-order valence-electron chi connectivity index (χ0n) is 41.9. The summed E-state index contributed by atoms with van der Waals surface area (Å²) >= 11 is 0. The lowest BCUT2D eigenvalue weighted by Crippen LogP contribution is -2.14. The van der Waals surface area contributed by atoms with E-state index in [4.69, 9.17) is 0 Å². The number of fused-ring (bicyclic) bond motifs is 3. The Labute approximate surface area is 445 Å². The Hall–Kier alpha value is -10.0. The average Bonchev–Trinajstić information content (AvgIpc) is 3.56. The third kappa shape index (κ3) is 9.10. The SMILES string of the molecule is c1ccc(-c2ccc(-c3ccccc3N(c3ccc(-c4ccccc4)cc3)c3cc(-c4cc5ccccc5c5ccccc45)cc(N(c4ccc(-c5ccccc5)cc4)c4ccc(-c5ccccc5)cc4)c3)cc2)cc1. The maximum Gasteiger partial charge on any atom is 0.0540 e. The van der Waals surface area contributed by atoms with E-state index in [0.29, 0.717) is 0 Å². The van der Waals surface area contributed by atoms with E-state index in [0.717, 1.165) is 56.4 Å². The van der Waals surface area contributed by atoms with Gasteiger partial charge in [-0.1, -0.05) is 249 Å². The summed E-state index contributed by atoms with van der Waals surface area (Å²) in [7, 11) is 0. The lowest BCUT2D eigenvalue weighted by Gasteiger charge is -2.32. The van der Waals surface area contributed by atoms with Gasteiger partial charge < -0.3 is 9.80 Å². The van der Waals surface area contributed by atoms with E-state index in [-0.39, 0.29) is 0 Å². The van der Waals surface area contributed by atoms with Crippen LogP contribution in [0.1, 0.15) is 0 Å². The van der Waals surface area contributed by atoms with E-state index < -0.39 is 0 Å². The lowest BCUT2D eigenvalue weighted by atomic mass is 9.92. The highest BCUT2D eigenvalue weighted by atomic mass is 15.2. The Kier molecular flexibility index (Phi) is 12.3. The van der Waals surface area contributed by atoms with Crippen molar-refractivity contribution in [2.75, 3.05) is 9.80 Å². The fourth-order valence-electron chi connectivity index (χ4n) is 10.9. The van der Waals surface area contributed by atoms with Gasteiger partial charge in [-0.15, -0.1) is 0 Å². The molecular weight excluding hydrogens is 917 g/mol. The predicted octanol–water partition coefficient (Wildman–Crippen LogP) is 20.9. The van der Waals surface area contributed by atoms with Crippen LogP contribution in [0.3, 0.4) is 0 Å². The lowest BCUT2D eigenvalue weighted by molar-refractivity contribution is 1.25. The Morgan fingerprint density at radius 3 is 1.00 bits per heavy atom. The van der Waals surface area contributed by atoms with Crippen molar-refractivity contribution >= 4 is 55.7 Å². The van der Waals surface area contributed by atoms with Gasteiger partial charge in [0, 0.05) is 34.0 Å². The van der Waals surface area contributed by atoms with Crippen molar-refractivity contribution in [2.45, 2.75) is 0 Å². The Morgan fingerprint density at radius 1 is 0.171 bits per heavy atom. The highest BCUT2D eigenvalue weighted by molar-refractivity contribution is 6.14. The van der Waals surface area contributed by atoms with Gasteiger partial charge in [0.1, 0.15) is 0 Å². The molecule has 0 N–H and O–H groups in total. The molecule has 0 saturated carbocycles. The standard InChI is InChI=1S/C74H52N2/c1-5-19-53(20-6-1)57-33-35-61(36-34-57)70-29-17-18-32-74(70)76(66-47-41-60(42-48-66)56-25-11-4-12-26-56)68-50-63(73-51-62-27-13-14-28-69(62)71-30-15-16-31-72(71)73)49-67(52-68)75(64-43-37-58(38-44-64)54-21-7-2-8-22-54)65-45-39-59(40-46-65)55-23-9-3-10-24-55/h1-52H. The van der Waals surface area contributed by atoms with Crippen LogP contribution in [-0.2, 0) is 0 Å². The molecule has 0 radical (unpaired) electrons. The van der Waals surface area contributed by atoms with Gasteiger partial charge in [-0.25, -0.2) is 0 Å². The molecule has 0 amide bonds. The number of anilines is 6. The maximum atomic E-state index is 2.46. The van der Waals surface area contributed by atoms with Crippen LogP contribution in [0.4, 0.5) is 34.1 Å². The fourth-order valence-corrected chi connectivity index (χ4v) is 10.9. The van der Waals surface area contributed by atoms with Gasteiger partial charge in [0.05, 0.1) is 5.69 Å². The molecule has 0 fully saturated rings. The van der Waals surface area contributed by atoms with Crippen molar-refractivity contribution in [3.63, 3.8) is 0 Å². The molecule has 0 bridgehead atoms. The molecule has 0 unspecified atom stereocenters. The molecule has 13 aromatic rings. The quantitative estimate of drug-likeness (QED) is 0.113. The van der Waals surface area contributed by atoms with Crippen LogP contribution in [0, 0.1) is 0 Å². The zero-order valence-corrected chi connectivity index (χ0v) is 41.9. The van der Waals surface area contributed by atoms with E-state index in [1.807, 2.05) is 0 Å². The highest BCUT2D eigenvalue weighted by Crippen LogP contribution is 2.48. The minimum absolute atomic E-state index is 1.03. The summed E-state index contributed by atoms with van der Waals surface area (Å²) in [4.78, 5) is 4.88. The van der Waals surface area contributed by atoms with Crippen molar-refractivity contribution in [3.05, 3.63) is 315 Å². The minimum atomic E-state index is 1.03. The number of benzene rings is 13. The predicted molar refractivity (Wildman–Crippen MR) is 323 cm³/mol. The normalized spacial score (nSPS) is 11.2. The topological polar surface area (TPSA) is 6.48 Å². The number of hydrogen-bond donors (Lipinski definition) is 0. The molecular formula is C74H52N2. The van der Waals surface area contributed by atoms with Crippen molar-refractivity contribution < 1.29 is 0 Å². The number of nitrogens with zero attached hydrogens (tertiary/aromatic N) is 2. The summed E-state index contributed by atoms with van der Waals surface area (Å²) in [5.74, 6) is 0. The third-order valence-corrected chi connectivity index (χ3v) is 14.6. The molecule has 2 nitrogen and oxygen atoms in total. The first-order valence-electron chi connectivity index (χ1n) is 26.1. The van der Waals surface area contributed by atoms with Crippen molar-refractivity contribution in [1.29, 1.82) is 0 Å². The molecule has 2 heteroatoms. The largest absolute Gasteiger partial charge is 0.310 e. The molecule has 358 valence electrons. The second-order valence-electron chi connectivity index (χ2n) is 19.3.